The molecule has 1 aromatic carbocycles. The number of nitrogens with one attached hydrogen (secondary N) is 1. The molecule has 1 aromatic rings. The van der Waals surface area contributed by atoms with Crippen LogP contribution >= 0.6 is 0 Å². The van der Waals surface area contributed by atoms with Gasteiger partial charge < -0.3 is 15.0 Å². The first kappa shape index (κ1) is 15.7. The maximum Gasteiger partial charge on any atom is 0.193 e. The number of rotatable bonds is 2. The minimum Gasteiger partial charge on any atom is -0.381 e. The first-order chi connectivity index (χ1) is 12.3. The first-order valence-electron chi connectivity index (χ1n) is 9.91. The highest BCUT2D eigenvalue weighted by molar-refractivity contribution is 5.80. The van der Waals surface area contributed by atoms with Crippen molar-refractivity contribution in [3.05, 3.63) is 35.4 Å². The second-order valence-corrected chi connectivity index (χ2v) is 8.49. The van der Waals surface area contributed by atoms with E-state index in [1.54, 1.807) is 11.1 Å². The molecular formula is C21H29N3O. The van der Waals surface area contributed by atoms with Gasteiger partial charge in [-0.05, 0) is 54.6 Å². The monoisotopic (exact) mass is 339 g/mol. The second-order valence-electron chi connectivity index (χ2n) is 8.49. The van der Waals surface area contributed by atoms with Crippen molar-refractivity contribution < 1.29 is 4.74 Å². The van der Waals surface area contributed by atoms with Crippen molar-refractivity contribution in [1.82, 2.24) is 10.2 Å². The molecule has 4 heteroatoms. The Morgan fingerprint density at radius 2 is 2.28 bits per heavy atom. The molecule has 4 nitrogen and oxygen atoms in total. The zero-order valence-electron chi connectivity index (χ0n) is 15.2. The van der Waals surface area contributed by atoms with E-state index >= 15 is 0 Å². The fourth-order valence-corrected chi connectivity index (χ4v) is 5.62. The van der Waals surface area contributed by atoms with Gasteiger partial charge in [0, 0.05) is 38.7 Å². The van der Waals surface area contributed by atoms with Gasteiger partial charge in [-0.15, -0.1) is 0 Å². The number of likely N-dealkylation sites (tertiary alicyclic amines) is 1. The van der Waals surface area contributed by atoms with Gasteiger partial charge in [-0.1, -0.05) is 24.3 Å². The molecule has 4 unspecified atom stereocenters. The summed E-state index contributed by atoms with van der Waals surface area (Å²) >= 11 is 0. The quantitative estimate of drug-likeness (QED) is 0.665. The third-order valence-corrected chi connectivity index (χ3v) is 7.12. The Balaban J connectivity index is 1.21. The van der Waals surface area contributed by atoms with Gasteiger partial charge in [0.2, 0.25) is 0 Å². The summed E-state index contributed by atoms with van der Waals surface area (Å²) in [6.07, 6.45) is 5.08. The summed E-state index contributed by atoms with van der Waals surface area (Å²) in [5, 5.41) is 3.70. The van der Waals surface area contributed by atoms with E-state index in [2.05, 4.69) is 39.5 Å². The van der Waals surface area contributed by atoms with E-state index in [1.807, 2.05) is 7.05 Å². The van der Waals surface area contributed by atoms with Crippen molar-refractivity contribution >= 4 is 5.96 Å². The molecule has 0 amide bonds. The van der Waals surface area contributed by atoms with Crippen LogP contribution < -0.4 is 5.32 Å². The molecule has 0 bridgehead atoms. The number of aryl methyl sites for hydroxylation is 1. The zero-order valence-corrected chi connectivity index (χ0v) is 15.2. The number of guanidine groups is 1. The Morgan fingerprint density at radius 3 is 3.12 bits per heavy atom. The molecule has 0 radical (unpaired) electrons. The summed E-state index contributed by atoms with van der Waals surface area (Å²) < 4.78 is 5.66. The molecule has 2 saturated heterocycles. The minimum absolute atomic E-state index is 0.393. The molecule has 1 spiro atoms. The lowest BCUT2D eigenvalue weighted by Crippen LogP contribution is -2.42. The lowest BCUT2D eigenvalue weighted by atomic mass is 9.87. The summed E-state index contributed by atoms with van der Waals surface area (Å²) in [6, 6.07) is 9.06. The Kier molecular flexibility index (Phi) is 3.77. The van der Waals surface area contributed by atoms with Crippen LogP contribution in [0.25, 0.3) is 0 Å². The average Bonchev–Trinajstić information content (AvgIpc) is 2.97. The number of nitrogens with zero attached hydrogens (tertiary/aromatic N) is 2. The topological polar surface area (TPSA) is 36.9 Å². The fourth-order valence-electron chi connectivity index (χ4n) is 5.62. The van der Waals surface area contributed by atoms with Crippen molar-refractivity contribution in [3.63, 3.8) is 0 Å². The number of ether oxygens (including phenoxy) is 1. The third-order valence-electron chi connectivity index (χ3n) is 7.12. The van der Waals surface area contributed by atoms with Crippen molar-refractivity contribution in [2.75, 3.05) is 39.9 Å². The molecule has 5 rings (SSSR count). The molecule has 2 aliphatic carbocycles. The molecule has 4 atom stereocenters. The van der Waals surface area contributed by atoms with Crippen LogP contribution in [-0.2, 0) is 11.2 Å². The van der Waals surface area contributed by atoms with Gasteiger partial charge in [-0.2, -0.15) is 0 Å². The van der Waals surface area contributed by atoms with Gasteiger partial charge in [-0.25, -0.2) is 0 Å². The molecule has 25 heavy (non-hydrogen) atoms. The number of benzene rings is 1. The maximum absolute atomic E-state index is 5.66. The maximum atomic E-state index is 5.66. The SMILES string of the molecule is CN=C(NCC1C2CCc3ccccc3C21)N1CCC2(CCOC2)C1. The predicted octanol–water partition coefficient (Wildman–Crippen LogP) is 2.65. The number of aliphatic imine (C=N–C) groups is 1. The molecule has 4 aliphatic rings. The lowest BCUT2D eigenvalue weighted by Gasteiger charge is -2.25. The molecule has 2 heterocycles. The predicted molar refractivity (Wildman–Crippen MR) is 99.9 cm³/mol. The van der Waals surface area contributed by atoms with E-state index in [9.17, 15) is 0 Å². The summed E-state index contributed by atoms with van der Waals surface area (Å²) in [7, 11) is 1.92. The summed E-state index contributed by atoms with van der Waals surface area (Å²) in [6.45, 7) is 5.15. The van der Waals surface area contributed by atoms with E-state index in [4.69, 9.17) is 4.74 Å². The van der Waals surface area contributed by atoms with E-state index in [1.165, 1.54) is 25.7 Å². The van der Waals surface area contributed by atoms with Crippen LogP contribution in [0.5, 0.6) is 0 Å². The Hall–Kier alpha value is -1.55. The molecule has 1 N–H and O–H groups in total. The van der Waals surface area contributed by atoms with E-state index < -0.39 is 0 Å². The fraction of sp³-hybridized carbons (Fsp3) is 0.667. The summed E-state index contributed by atoms with van der Waals surface area (Å²) in [5.74, 6) is 3.55. The standard InChI is InChI=1S/C21H29N3O/c1-22-20(24-10-8-21(13-24)9-11-25-14-21)23-12-18-17-7-6-15-4-2-3-5-16(15)19(17)18/h2-5,17-19H,6-14H2,1H3,(H,22,23). The number of hydrogen-bond acceptors (Lipinski definition) is 2. The van der Waals surface area contributed by atoms with Gasteiger partial charge in [0.1, 0.15) is 0 Å². The Bertz CT molecular complexity index is 679. The molecule has 1 saturated carbocycles. The molecule has 3 fully saturated rings. The van der Waals surface area contributed by atoms with Gasteiger partial charge in [0.25, 0.3) is 0 Å². The van der Waals surface area contributed by atoms with Crippen molar-refractivity contribution in [3.8, 4) is 0 Å². The molecule has 2 aliphatic heterocycles. The van der Waals surface area contributed by atoms with Crippen LogP contribution in [0.4, 0.5) is 0 Å². The van der Waals surface area contributed by atoms with Crippen LogP contribution in [0.2, 0.25) is 0 Å². The smallest absolute Gasteiger partial charge is 0.193 e. The first-order valence-corrected chi connectivity index (χ1v) is 9.91. The molecule has 0 aromatic heterocycles. The van der Waals surface area contributed by atoms with Gasteiger partial charge in [0.05, 0.1) is 6.61 Å². The Labute approximate surface area is 150 Å². The second kappa shape index (κ2) is 6.01. The van der Waals surface area contributed by atoms with Crippen LogP contribution in [0.1, 0.15) is 36.3 Å². The summed E-state index contributed by atoms with van der Waals surface area (Å²) in [5.41, 5.74) is 3.59. The zero-order chi connectivity index (χ0) is 16.9. The highest BCUT2D eigenvalue weighted by Gasteiger charge is 2.52. The third kappa shape index (κ3) is 2.66. The summed E-state index contributed by atoms with van der Waals surface area (Å²) in [4.78, 5) is 7.03. The van der Waals surface area contributed by atoms with Crippen LogP contribution in [0.3, 0.4) is 0 Å². The normalized spacial score (nSPS) is 36.4. The van der Waals surface area contributed by atoms with Gasteiger partial charge >= 0.3 is 0 Å². The van der Waals surface area contributed by atoms with Crippen LogP contribution in [-0.4, -0.2) is 50.8 Å². The van der Waals surface area contributed by atoms with Crippen LogP contribution in [0, 0.1) is 17.3 Å². The van der Waals surface area contributed by atoms with Gasteiger partial charge in [-0.3, -0.25) is 4.99 Å². The minimum atomic E-state index is 0.393. The highest BCUT2D eigenvalue weighted by Crippen LogP contribution is 2.59. The van der Waals surface area contributed by atoms with Crippen LogP contribution in [0.15, 0.2) is 29.3 Å². The molecular weight excluding hydrogens is 310 g/mol. The van der Waals surface area contributed by atoms with E-state index in [-0.39, 0.29) is 0 Å². The highest BCUT2D eigenvalue weighted by atomic mass is 16.5. The van der Waals surface area contributed by atoms with Crippen molar-refractivity contribution in [1.29, 1.82) is 0 Å². The Morgan fingerprint density at radius 1 is 1.36 bits per heavy atom. The van der Waals surface area contributed by atoms with E-state index in [0.717, 1.165) is 56.6 Å². The lowest BCUT2D eigenvalue weighted by molar-refractivity contribution is 0.156. The van der Waals surface area contributed by atoms with Crippen molar-refractivity contribution in [2.45, 2.75) is 31.6 Å². The van der Waals surface area contributed by atoms with Gasteiger partial charge in [0.15, 0.2) is 5.96 Å². The molecule has 134 valence electrons. The average molecular weight is 339 g/mol. The van der Waals surface area contributed by atoms with Crippen molar-refractivity contribution in [2.24, 2.45) is 22.2 Å². The largest absolute Gasteiger partial charge is 0.381 e. The van der Waals surface area contributed by atoms with E-state index in [0.29, 0.717) is 5.41 Å². The number of hydrogen-bond donors (Lipinski definition) is 1. The number of fused-ring (bicyclic) bond motifs is 3.